The monoisotopic (exact) mass is 235 g/mol. The van der Waals surface area contributed by atoms with Gasteiger partial charge in [-0.05, 0) is 0 Å². The third-order valence-electron chi connectivity index (χ3n) is 1.78. The fourth-order valence-corrected chi connectivity index (χ4v) is 1.06. The molecule has 0 atom stereocenters. The fraction of sp³-hybridized carbons (Fsp3) is 0.200. The summed E-state index contributed by atoms with van der Waals surface area (Å²) >= 11 is 0. The zero-order chi connectivity index (χ0) is 12.7. The maximum atomic E-state index is 10.7. The number of hydrogen-bond acceptors (Lipinski definition) is 6. The molecule has 0 aliphatic rings. The number of nitrogens with zero attached hydrogens (tertiary/aromatic N) is 3. The Morgan fingerprint density at radius 1 is 1.35 bits per heavy atom. The lowest BCUT2D eigenvalue weighted by Crippen LogP contribution is -2.09. The summed E-state index contributed by atoms with van der Waals surface area (Å²) in [5.74, 6) is 0.471. The van der Waals surface area contributed by atoms with Crippen molar-refractivity contribution in [1.29, 1.82) is 0 Å². The van der Waals surface area contributed by atoms with Crippen LogP contribution in [-0.4, -0.2) is 28.0 Å². The van der Waals surface area contributed by atoms with Gasteiger partial charge in [-0.25, -0.2) is 4.98 Å². The van der Waals surface area contributed by atoms with Crippen molar-refractivity contribution < 1.29 is 4.92 Å². The third kappa shape index (κ3) is 3.56. The molecule has 1 aromatic rings. The summed E-state index contributed by atoms with van der Waals surface area (Å²) < 4.78 is 0. The Hall–Kier alpha value is -2.44. The van der Waals surface area contributed by atoms with E-state index in [0.717, 1.165) is 6.20 Å². The summed E-state index contributed by atoms with van der Waals surface area (Å²) in [6.45, 7) is 7.93. The molecular weight excluding hydrogens is 222 g/mol. The van der Waals surface area contributed by atoms with Gasteiger partial charge in [-0.15, -0.1) is 13.2 Å². The first-order chi connectivity index (χ1) is 8.19. The van der Waals surface area contributed by atoms with E-state index in [4.69, 9.17) is 0 Å². The standard InChI is InChI=1S/C10H13N5O2/c1-3-5-11-9-8(15(16)17)7-13-10(14-9)12-6-4-2/h3-4,7H,1-2,5-6H2,(H2,11,12,13,14). The van der Waals surface area contributed by atoms with E-state index in [2.05, 4.69) is 33.8 Å². The van der Waals surface area contributed by atoms with Gasteiger partial charge in [0.1, 0.15) is 6.20 Å². The lowest BCUT2D eigenvalue weighted by Gasteiger charge is -2.06. The average Bonchev–Trinajstić information content (AvgIpc) is 2.33. The molecule has 0 spiro atoms. The van der Waals surface area contributed by atoms with Crippen LogP contribution in [0.3, 0.4) is 0 Å². The van der Waals surface area contributed by atoms with Crippen LogP contribution in [-0.2, 0) is 0 Å². The Bertz CT molecular complexity index is 433. The van der Waals surface area contributed by atoms with Crippen LogP contribution < -0.4 is 10.6 Å². The molecule has 7 nitrogen and oxygen atoms in total. The van der Waals surface area contributed by atoms with Crippen molar-refractivity contribution in [3.05, 3.63) is 41.6 Å². The van der Waals surface area contributed by atoms with Gasteiger partial charge in [0.15, 0.2) is 0 Å². The maximum absolute atomic E-state index is 10.7. The number of nitrogens with one attached hydrogen (secondary N) is 2. The number of nitro groups is 1. The van der Waals surface area contributed by atoms with Crippen LogP contribution in [0, 0.1) is 10.1 Å². The van der Waals surface area contributed by atoms with Crippen LogP contribution in [0.2, 0.25) is 0 Å². The van der Waals surface area contributed by atoms with E-state index in [9.17, 15) is 10.1 Å². The first-order valence-electron chi connectivity index (χ1n) is 4.90. The molecule has 90 valence electrons. The van der Waals surface area contributed by atoms with Crippen molar-refractivity contribution in [2.45, 2.75) is 0 Å². The van der Waals surface area contributed by atoms with Gasteiger partial charge in [0.25, 0.3) is 0 Å². The number of rotatable bonds is 7. The Morgan fingerprint density at radius 3 is 2.59 bits per heavy atom. The van der Waals surface area contributed by atoms with Crippen LogP contribution in [0.5, 0.6) is 0 Å². The molecule has 0 aliphatic heterocycles. The molecular formula is C10H13N5O2. The summed E-state index contributed by atoms with van der Waals surface area (Å²) in [4.78, 5) is 18.0. The second kappa shape index (κ2) is 6.21. The van der Waals surface area contributed by atoms with Gasteiger partial charge < -0.3 is 10.6 Å². The van der Waals surface area contributed by atoms with E-state index in [0.29, 0.717) is 19.0 Å². The van der Waals surface area contributed by atoms with Crippen molar-refractivity contribution in [3.8, 4) is 0 Å². The highest BCUT2D eigenvalue weighted by Gasteiger charge is 2.16. The highest BCUT2D eigenvalue weighted by molar-refractivity contribution is 5.57. The van der Waals surface area contributed by atoms with Gasteiger partial charge in [0.2, 0.25) is 11.8 Å². The van der Waals surface area contributed by atoms with Crippen molar-refractivity contribution in [2.75, 3.05) is 23.7 Å². The molecule has 0 radical (unpaired) electrons. The fourth-order valence-electron chi connectivity index (χ4n) is 1.06. The van der Waals surface area contributed by atoms with Gasteiger partial charge in [-0.2, -0.15) is 4.98 Å². The molecule has 0 aliphatic carbocycles. The SMILES string of the molecule is C=CCNc1ncc([N+](=O)[O-])c(NCC=C)n1. The molecule has 1 aromatic heterocycles. The minimum absolute atomic E-state index is 0.163. The van der Waals surface area contributed by atoms with Gasteiger partial charge in [0.05, 0.1) is 4.92 Å². The first-order valence-corrected chi connectivity index (χ1v) is 4.90. The van der Waals surface area contributed by atoms with Crippen molar-refractivity contribution >= 4 is 17.5 Å². The summed E-state index contributed by atoms with van der Waals surface area (Å²) in [7, 11) is 0. The van der Waals surface area contributed by atoms with E-state index in [1.54, 1.807) is 12.2 Å². The first kappa shape index (κ1) is 12.6. The van der Waals surface area contributed by atoms with Crippen LogP contribution in [0.4, 0.5) is 17.5 Å². The minimum atomic E-state index is -0.539. The molecule has 1 heterocycles. The number of hydrogen-bond donors (Lipinski definition) is 2. The van der Waals surface area contributed by atoms with E-state index in [1.165, 1.54) is 0 Å². The summed E-state index contributed by atoms with van der Waals surface area (Å²) in [5, 5.41) is 16.4. The van der Waals surface area contributed by atoms with Gasteiger partial charge in [0, 0.05) is 13.1 Å². The normalized spacial score (nSPS) is 9.41. The lowest BCUT2D eigenvalue weighted by atomic mass is 10.4. The van der Waals surface area contributed by atoms with E-state index < -0.39 is 4.92 Å². The Kier molecular flexibility index (Phi) is 4.61. The molecule has 0 saturated heterocycles. The van der Waals surface area contributed by atoms with Crippen LogP contribution in [0.1, 0.15) is 0 Å². The maximum Gasteiger partial charge on any atom is 0.329 e. The predicted octanol–water partition coefficient (Wildman–Crippen LogP) is 1.58. The smallest absolute Gasteiger partial charge is 0.329 e. The second-order valence-corrected chi connectivity index (χ2v) is 3.02. The molecule has 0 saturated carbocycles. The van der Waals surface area contributed by atoms with Crippen molar-refractivity contribution in [2.24, 2.45) is 0 Å². The topological polar surface area (TPSA) is 93.0 Å². The summed E-state index contributed by atoms with van der Waals surface area (Å²) in [5.41, 5.74) is -0.170. The number of anilines is 2. The predicted molar refractivity (Wildman–Crippen MR) is 66.1 cm³/mol. The minimum Gasteiger partial charge on any atom is -0.361 e. The molecule has 7 heteroatoms. The number of aromatic nitrogens is 2. The molecule has 17 heavy (non-hydrogen) atoms. The zero-order valence-electron chi connectivity index (χ0n) is 9.22. The molecule has 0 unspecified atom stereocenters. The molecule has 0 amide bonds. The Morgan fingerprint density at radius 2 is 2.00 bits per heavy atom. The molecule has 0 bridgehead atoms. The largest absolute Gasteiger partial charge is 0.361 e. The Balaban J connectivity index is 2.95. The second-order valence-electron chi connectivity index (χ2n) is 3.02. The average molecular weight is 235 g/mol. The van der Waals surface area contributed by atoms with Crippen LogP contribution >= 0.6 is 0 Å². The van der Waals surface area contributed by atoms with Crippen LogP contribution in [0.25, 0.3) is 0 Å². The van der Waals surface area contributed by atoms with Gasteiger partial charge >= 0.3 is 5.69 Å². The summed E-state index contributed by atoms with van der Waals surface area (Å²) in [6, 6.07) is 0. The van der Waals surface area contributed by atoms with E-state index in [1.807, 2.05) is 0 Å². The van der Waals surface area contributed by atoms with Crippen LogP contribution in [0.15, 0.2) is 31.5 Å². The Labute approximate surface area is 98.4 Å². The third-order valence-corrected chi connectivity index (χ3v) is 1.78. The quantitative estimate of drug-likeness (QED) is 0.423. The van der Waals surface area contributed by atoms with Gasteiger partial charge in [-0.1, -0.05) is 12.2 Å². The molecule has 2 N–H and O–H groups in total. The lowest BCUT2D eigenvalue weighted by molar-refractivity contribution is -0.384. The van der Waals surface area contributed by atoms with E-state index in [-0.39, 0.29) is 11.5 Å². The van der Waals surface area contributed by atoms with Gasteiger partial charge in [-0.3, -0.25) is 10.1 Å². The highest BCUT2D eigenvalue weighted by Crippen LogP contribution is 2.21. The van der Waals surface area contributed by atoms with Crippen molar-refractivity contribution in [1.82, 2.24) is 9.97 Å². The van der Waals surface area contributed by atoms with Crippen molar-refractivity contribution in [3.63, 3.8) is 0 Å². The van der Waals surface area contributed by atoms with E-state index >= 15 is 0 Å². The highest BCUT2D eigenvalue weighted by atomic mass is 16.6. The zero-order valence-corrected chi connectivity index (χ0v) is 9.22. The molecule has 0 fully saturated rings. The molecule has 1 rings (SSSR count). The molecule has 0 aromatic carbocycles. The summed E-state index contributed by atoms with van der Waals surface area (Å²) in [6.07, 6.45) is 4.38.